The van der Waals surface area contributed by atoms with Crippen molar-refractivity contribution in [3.05, 3.63) is 75.3 Å². The van der Waals surface area contributed by atoms with Crippen molar-refractivity contribution in [2.45, 2.75) is 19.9 Å². The van der Waals surface area contributed by atoms with E-state index in [0.29, 0.717) is 10.0 Å². The number of halogens is 2. The summed E-state index contributed by atoms with van der Waals surface area (Å²) in [6.45, 7) is 3.98. The predicted octanol–water partition coefficient (Wildman–Crippen LogP) is 5.19. The quantitative estimate of drug-likeness (QED) is 0.766. The van der Waals surface area contributed by atoms with E-state index in [0.717, 1.165) is 11.1 Å². The SMILES string of the molecule is Cc1ccc([C@H](C)NC(=O)/C=C/c2ccc(Cl)cc2Cl)cc1. The smallest absolute Gasteiger partial charge is 0.244 e. The molecule has 0 aromatic heterocycles. The normalized spacial score (nSPS) is 12.4. The van der Waals surface area contributed by atoms with Crippen molar-refractivity contribution in [2.75, 3.05) is 0 Å². The van der Waals surface area contributed by atoms with Gasteiger partial charge >= 0.3 is 0 Å². The Bertz CT molecular complexity index is 693. The van der Waals surface area contributed by atoms with Gasteiger partial charge in [-0.25, -0.2) is 0 Å². The van der Waals surface area contributed by atoms with Crippen LogP contribution in [0.5, 0.6) is 0 Å². The first-order chi connectivity index (χ1) is 10.5. The number of hydrogen-bond acceptors (Lipinski definition) is 1. The Morgan fingerprint density at radius 3 is 2.45 bits per heavy atom. The lowest BCUT2D eigenvalue weighted by Gasteiger charge is -2.13. The van der Waals surface area contributed by atoms with Crippen LogP contribution in [0.1, 0.15) is 29.7 Å². The van der Waals surface area contributed by atoms with Gasteiger partial charge in [0, 0.05) is 16.1 Å². The maximum atomic E-state index is 12.0. The summed E-state index contributed by atoms with van der Waals surface area (Å²) in [7, 11) is 0. The standard InChI is InChI=1S/C18H17Cl2NO/c1-12-3-5-14(6-4-12)13(2)21-18(22)10-8-15-7-9-16(19)11-17(15)20/h3-11,13H,1-2H3,(H,21,22)/b10-8+/t13-/m0/s1. The molecule has 4 heteroatoms. The Hall–Kier alpha value is -1.77. The molecule has 2 nitrogen and oxygen atoms in total. The summed E-state index contributed by atoms with van der Waals surface area (Å²) < 4.78 is 0. The van der Waals surface area contributed by atoms with E-state index in [-0.39, 0.29) is 11.9 Å². The molecule has 0 aliphatic rings. The van der Waals surface area contributed by atoms with E-state index >= 15 is 0 Å². The molecule has 2 aromatic rings. The van der Waals surface area contributed by atoms with Crippen molar-refractivity contribution in [3.8, 4) is 0 Å². The first-order valence-corrected chi connectivity index (χ1v) is 7.71. The molecule has 0 bridgehead atoms. The fraction of sp³-hybridized carbons (Fsp3) is 0.167. The molecule has 0 aliphatic carbocycles. The minimum absolute atomic E-state index is 0.0570. The molecule has 2 rings (SSSR count). The molecular formula is C18H17Cl2NO. The molecule has 1 atom stereocenters. The van der Waals surface area contributed by atoms with Crippen LogP contribution < -0.4 is 5.32 Å². The van der Waals surface area contributed by atoms with Crippen molar-refractivity contribution in [2.24, 2.45) is 0 Å². The van der Waals surface area contributed by atoms with E-state index in [1.807, 2.05) is 38.1 Å². The second kappa shape index (κ2) is 7.48. The van der Waals surface area contributed by atoms with Crippen molar-refractivity contribution in [3.63, 3.8) is 0 Å². The second-order valence-electron chi connectivity index (χ2n) is 5.14. The van der Waals surface area contributed by atoms with Gasteiger partial charge in [0.2, 0.25) is 5.91 Å². The van der Waals surface area contributed by atoms with E-state index in [2.05, 4.69) is 5.32 Å². The lowest BCUT2D eigenvalue weighted by Crippen LogP contribution is -2.24. The van der Waals surface area contributed by atoms with Crippen LogP contribution in [0.25, 0.3) is 6.08 Å². The number of amides is 1. The van der Waals surface area contributed by atoms with Crippen LogP contribution in [0.15, 0.2) is 48.5 Å². The molecule has 2 aromatic carbocycles. The summed E-state index contributed by atoms with van der Waals surface area (Å²) in [6.07, 6.45) is 3.15. The zero-order chi connectivity index (χ0) is 16.1. The fourth-order valence-corrected chi connectivity index (χ4v) is 2.47. The van der Waals surface area contributed by atoms with E-state index in [9.17, 15) is 4.79 Å². The van der Waals surface area contributed by atoms with Gasteiger partial charge in [-0.1, -0.05) is 59.1 Å². The maximum Gasteiger partial charge on any atom is 0.244 e. The minimum atomic E-state index is -0.168. The summed E-state index contributed by atoms with van der Waals surface area (Å²) in [5.41, 5.74) is 3.01. The van der Waals surface area contributed by atoms with Crippen LogP contribution in [0.3, 0.4) is 0 Å². The molecule has 1 N–H and O–H groups in total. The Labute approximate surface area is 140 Å². The van der Waals surface area contributed by atoms with Gasteiger partial charge in [-0.3, -0.25) is 4.79 Å². The van der Waals surface area contributed by atoms with Gasteiger partial charge in [0.05, 0.1) is 6.04 Å². The highest BCUT2D eigenvalue weighted by molar-refractivity contribution is 6.35. The molecule has 0 unspecified atom stereocenters. The first kappa shape index (κ1) is 16.6. The summed E-state index contributed by atoms with van der Waals surface area (Å²) >= 11 is 11.9. The van der Waals surface area contributed by atoms with E-state index in [1.165, 1.54) is 11.6 Å². The van der Waals surface area contributed by atoms with Crippen molar-refractivity contribution >= 4 is 35.2 Å². The third-order valence-electron chi connectivity index (χ3n) is 3.31. The number of hydrogen-bond donors (Lipinski definition) is 1. The Morgan fingerprint density at radius 2 is 1.82 bits per heavy atom. The first-order valence-electron chi connectivity index (χ1n) is 6.96. The lowest BCUT2D eigenvalue weighted by molar-refractivity contribution is -0.117. The van der Waals surface area contributed by atoms with Crippen LogP contribution in [0, 0.1) is 6.92 Å². The van der Waals surface area contributed by atoms with Crippen molar-refractivity contribution in [1.82, 2.24) is 5.32 Å². The minimum Gasteiger partial charge on any atom is -0.346 e. The Morgan fingerprint density at radius 1 is 1.14 bits per heavy atom. The molecule has 0 fully saturated rings. The fourth-order valence-electron chi connectivity index (χ4n) is 2.00. The van der Waals surface area contributed by atoms with Crippen molar-refractivity contribution in [1.29, 1.82) is 0 Å². The van der Waals surface area contributed by atoms with Crippen LogP contribution in [-0.2, 0) is 4.79 Å². The summed E-state index contributed by atoms with van der Waals surface area (Å²) in [5, 5.41) is 4.01. The number of nitrogens with one attached hydrogen (secondary N) is 1. The highest BCUT2D eigenvalue weighted by Crippen LogP contribution is 2.22. The average Bonchev–Trinajstić information content (AvgIpc) is 2.47. The number of aryl methyl sites for hydroxylation is 1. The zero-order valence-corrected chi connectivity index (χ0v) is 13.9. The topological polar surface area (TPSA) is 29.1 Å². The third-order valence-corrected chi connectivity index (χ3v) is 3.88. The monoisotopic (exact) mass is 333 g/mol. The molecule has 0 spiro atoms. The number of carbonyl (C=O) groups excluding carboxylic acids is 1. The molecule has 0 heterocycles. The maximum absolute atomic E-state index is 12.0. The predicted molar refractivity (Wildman–Crippen MR) is 93.2 cm³/mol. The average molecular weight is 334 g/mol. The molecule has 0 saturated heterocycles. The number of benzene rings is 2. The van der Waals surface area contributed by atoms with Gasteiger partial charge in [-0.2, -0.15) is 0 Å². The molecule has 0 radical (unpaired) electrons. The molecule has 114 valence electrons. The zero-order valence-electron chi connectivity index (χ0n) is 12.4. The summed E-state index contributed by atoms with van der Waals surface area (Å²) in [5.74, 6) is -0.168. The lowest BCUT2D eigenvalue weighted by atomic mass is 10.1. The van der Waals surface area contributed by atoms with E-state index < -0.39 is 0 Å². The van der Waals surface area contributed by atoms with Crippen LogP contribution in [0.4, 0.5) is 0 Å². The van der Waals surface area contributed by atoms with Crippen LogP contribution in [0.2, 0.25) is 10.0 Å². The Balaban J connectivity index is 2.00. The molecular weight excluding hydrogens is 317 g/mol. The number of carbonyl (C=O) groups is 1. The highest BCUT2D eigenvalue weighted by atomic mass is 35.5. The van der Waals surface area contributed by atoms with Gasteiger partial charge in [0.25, 0.3) is 0 Å². The highest BCUT2D eigenvalue weighted by Gasteiger charge is 2.07. The second-order valence-corrected chi connectivity index (χ2v) is 5.98. The molecule has 22 heavy (non-hydrogen) atoms. The number of rotatable bonds is 4. The van der Waals surface area contributed by atoms with E-state index in [1.54, 1.807) is 24.3 Å². The van der Waals surface area contributed by atoms with E-state index in [4.69, 9.17) is 23.2 Å². The molecule has 1 amide bonds. The van der Waals surface area contributed by atoms with Crippen LogP contribution >= 0.6 is 23.2 Å². The van der Waals surface area contributed by atoms with Gasteiger partial charge < -0.3 is 5.32 Å². The van der Waals surface area contributed by atoms with Crippen LogP contribution in [-0.4, -0.2) is 5.91 Å². The van der Waals surface area contributed by atoms with Gasteiger partial charge in [0.15, 0.2) is 0 Å². The largest absolute Gasteiger partial charge is 0.346 e. The summed E-state index contributed by atoms with van der Waals surface area (Å²) in [6, 6.07) is 13.2. The third kappa shape index (κ3) is 4.62. The molecule has 0 aliphatic heterocycles. The molecule has 0 saturated carbocycles. The van der Waals surface area contributed by atoms with Gasteiger partial charge in [-0.05, 0) is 43.2 Å². The van der Waals surface area contributed by atoms with Gasteiger partial charge in [-0.15, -0.1) is 0 Å². The summed E-state index contributed by atoms with van der Waals surface area (Å²) in [4.78, 5) is 12.0. The Kier molecular flexibility index (Phi) is 5.64. The van der Waals surface area contributed by atoms with Gasteiger partial charge in [0.1, 0.15) is 0 Å². The van der Waals surface area contributed by atoms with Crippen molar-refractivity contribution < 1.29 is 4.79 Å².